The number of rotatable bonds is 3. The number of methoxy groups -OCH3 is 1. The van der Waals surface area contributed by atoms with E-state index in [0.29, 0.717) is 5.90 Å². The molecule has 6 heteroatoms. The highest BCUT2D eigenvalue weighted by Crippen LogP contribution is 2.37. The van der Waals surface area contributed by atoms with Crippen molar-refractivity contribution in [3.8, 4) is 5.75 Å². The van der Waals surface area contributed by atoms with Crippen LogP contribution in [0.15, 0.2) is 53.9 Å². The molecule has 0 bridgehead atoms. The summed E-state index contributed by atoms with van der Waals surface area (Å²) < 4.78 is 11.2. The number of ether oxygens (including phenoxy) is 2. The summed E-state index contributed by atoms with van der Waals surface area (Å²) in [6.45, 7) is 3.28. The van der Waals surface area contributed by atoms with Gasteiger partial charge in [-0.25, -0.2) is 0 Å². The molecule has 6 nitrogen and oxygen atoms in total. The van der Waals surface area contributed by atoms with E-state index in [1.54, 1.807) is 31.6 Å². The van der Waals surface area contributed by atoms with Crippen molar-refractivity contribution in [1.82, 2.24) is 9.99 Å². The molecular formula is C17H17N3O3. The summed E-state index contributed by atoms with van der Waals surface area (Å²) in [5.74, 6) is 0.924. The van der Waals surface area contributed by atoms with E-state index < -0.39 is 5.72 Å². The number of hydrogen-bond acceptors (Lipinski definition) is 5. The van der Waals surface area contributed by atoms with E-state index in [2.05, 4.69) is 10.1 Å². The van der Waals surface area contributed by atoms with E-state index >= 15 is 0 Å². The summed E-state index contributed by atoms with van der Waals surface area (Å²) in [4.78, 5) is 16.0. The maximum Gasteiger partial charge on any atom is 0.243 e. The van der Waals surface area contributed by atoms with Gasteiger partial charge >= 0.3 is 0 Å². The second kappa shape index (κ2) is 5.72. The van der Waals surface area contributed by atoms with Gasteiger partial charge in [0.2, 0.25) is 17.5 Å². The van der Waals surface area contributed by atoms with E-state index in [9.17, 15) is 4.79 Å². The van der Waals surface area contributed by atoms with Crippen LogP contribution in [0, 0.1) is 0 Å². The third-order valence-corrected chi connectivity index (χ3v) is 3.74. The predicted molar refractivity (Wildman–Crippen MR) is 84.7 cm³/mol. The molecule has 1 aromatic carbocycles. The van der Waals surface area contributed by atoms with Crippen LogP contribution in [0.1, 0.15) is 25.0 Å². The number of carbonyl (C=O) groups excluding carboxylic acids is 1. The third kappa shape index (κ3) is 2.63. The molecule has 1 aromatic heterocycles. The number of hydrogen-bond donors (Lipinski definition) is 0. The fourth-order valence-corrected chi connectivity index (χ4v) is 2.50. The number of nitrogens with zero attached hydrogens (tertiary/aromatic N) is 3. The smallest absolute Gasteiger partial charge is 0.243 e. The Hall–Kier alpha value is -2.89. The minimum Gasteiger partial charge on any atom is -0.497 e. The Bertz CT molecular complexity index is 743. The van der Waals surface area contributed by atoms with E-state index in [1.165, 1.54) is 11.9 Å². The molecule has 2 aromatic rings. The first-order chi connectivity index (χ1) is 11.0. The lowest BCUT2D eigenvalue weighted by atomic mass is 10.0. The van der Waals surface area contributed by atoms with Gasteiger partial charge in [0.1, 0.15) is 5.75 Å². The Morgan fingerprint density at radius 2 is 1.83 bits per heavy atom. The molecule has 0 radical (unpaired) electrons. The van der Waals surface area contributed by atoms with Crippen molar-refractivity contribution in [3.05, 3.63) is 59.9 Å². The van der Waals surface area contributed by atoms with E-state index in [4.69, 9.17) is 9.47 Å². The first kappa shape index (κ1) is 15.0. The Kier molecular flexibility index (Phi) is 3.73. The van der Waals surface area contributed by atoms with Gasteiger partial charge in [0.05, 0.1) is 7.11 Å². The number of carbonyl (C=O) groups is 1. The molecule has 2 heterocycles. The van der Waals surface area contributed by atoms with Crippen molar-refractivity contribution in [2.75, 3.05) is 7.11 Å². The Labute approximate surface area is 134 Å². The second-order valence-electron chi connectivity index (χ2n) is 5.29. The van der Waals surface area contributed by atoms with Gasteiger partial charge in [-0.15, -0.1) is 5.10 Å². The first-order valence-electron chi connectivity index (χ1n) is 7.18. The average Bonchev–Trinajstić information content (AvgIpc) is 2.95. The van der Waals surface area contributed by atoms with E-state index in [1.807, 2.05) is 31.2 Å². The molecule has 118 valence electrons. The number of aromatic nitrogens is 1. The molecule has 1 atom stereocenters. The van der Waals surface area contributed by atoms with Crippen LogP contribution in [0.25, 0.3) is 0 Å². The highest BCUT2D eigenvalue weighted by molar-refractivity contribution is 5.96. The van der Waals surface area contributed by atoms with Crippen molar-refractivity contribution < 1.29 is 14.3 Å². The van der Waals surface area contributed by atoms with Crippen LogP contribution in [0.3, 0.4) is 0 Å². The molecule has 1 amide bonds. The summed E-state index contributed by atoms with van der Waals surface area (Å²) in [6.07, 6.45) is 3.31. The summed E-state index contributed by atoms with van der Waals surface area (Å²) in [5, 5.41) is 5.70. The lowest BCUT2D eigenvalue weighted by Gasteiger charge is -2.31. The zero-order valence-corrected chi connectivity index (χ0v) is 13.2. The largest absolute Gasteiger partial charge is 0.497 e. The van der Waals surface area contributed by atoms with Crippen molar-refractivity contribution in [2.24, 2.45) is 5.10 Å². The molecule has 0 fully saturated rings. The van der Waals surface area contributed by atoms with E-state index in [-0.39, 0.29) is 5.91 Å². The topological polar surface area (TPSA) is 64.0 Å². The molecule has 0 saturated carbocycles. The minimum absolute atomic E-state index is 0.202. The van der Waals surface area contributed by atoms with Gasteiger partial charge in [0.15, 0.2) is 0 Å². The van der Waals surface area contributed by atoms with Crippen LogP contribution in [0.5, 0.6) is 5.75 Å². The zero-order chi connectivity index (χ0) is 16.4. The molecule has 0 N–H and O–H groups in total. The van der Waals surface area contributed by atoms with Crippen LogP contribution < -0.4 is 4.74 Å². The van der Waals surface area contributed by atoms with Crippen LogP contribution in [0.4, 0.5) is 0 Å². The van der Waals surface area contributed by atoms with Gasteiger partial charge in [0, 0.05) is 37.4 Å². The number of hydrazone groups is 1. The Morgan fingerprint density at radius 3 is 2.39 bits per heavy atom. The number of benzene rings is 1. The quantitative estimate of drug-likeness (QED) is 0.873. The SMILES string of the molecule is COc1ccc([C@]2(C)OC(c3ccncc3)=NN2C(C)=O)cc1. The monoisotopic (exact) mass is 311 g/mol. The van der Waals surface area contributed by atoms with Gasteiger partial charge in [-0.3, -0.25) is 9.78 Å². The fourth-order valence-electron chi connectivity index (χ4n) is 2.50. The molecule has 0 saturated heterocycles. The highest BCUT2D eigenvalue weighted by atomic mass is 16.6. The third-order valence-electron chi connectivity index (χ3n) is 3.74. The second-order valence-corrected chi connectivity index (χ2v) is 5.29. The minimum atomic E-state index is -1.00. The van der Waals surface area contributed by atoms with Gasteiger partial charge in [-0.2, -0.15) is 5.01 Å². The van der Waals surface area contributed by atoms with Gasteiger partial charge in [-0.05, 0) is 36.4 Å². The van der Waals surface area contributed by atoms with Gasteiger partial charge in [-0.1, -0.05) is 0 Å². The highest BCUT2D eigenvalue weighted by Gasteiger charge is 2.44. The standard InChI is InChI=1S/C17H17N3O3/c1-12(21)20-17(2,14-4-6-15(22-3)7-5-14)23-16(19-20)13-8-10-18-11-9-13/h4-11H,1-3H3/t17-/m0/s1. The normalized spacial score (nSPS) is 20.0. The Balaban J connectivity index is 1.99. The van der Waals surface area contributed by atoms with Crippen molar-refractivity contribution in [1.29, 1.82) is 0 Å². The molecule has 3 rings (SSSR count). The van der Waals surface area contributed by atoms with Gasteiger partial charge in [0.25, 0.3) is 0 Å². The predicted octanol–water partition coefficient (Wildman–Crippen LogP) is 2.50. The molecule has 0 aliphatic carbocycles. The van der Waals surface area contributed by atoms with Crippen molar-refractivity contribution in [2.45, 2.75) is 19.6 Å². The summed E-state index contributed by atoms with van der Waals surface area (Å²) in [7, 11) is 1.61. The summed E-state index contributed by atoms with van der Waals surface area (Å²) in [6, 6.07) is 11.0. The van der Waals surface area contributed by atoms with Crippen LogP contribution in [-0.4, -0.2) is 28.9 Å². The molecular weight excluding hydrogens is 294 g/mol. The maximum absolute atomic E-state index is 12.0. The average molecular weight is 311 g/mol. The molecule has 1 aliphatic rings. The summed E-state index contributed by atoms with van der Waals surface area (Å²) >= 11 is 0. The van der Waals surface area contributed by atoms with E-state index in [0.717, 1.165) is 16.9 Å². The van der Waals surface area contributed by atoms with Crippen LogP contribution >= 0.6 is 0 Å². The van der Waals surface area contributed by atoms with Crippen molar-refractivity contribution in [3.63, 3.8) is 0 Å². The van der Waals surface area contributed by atoms with Crippen LogP contribution in [-0.2, 0) is 15.3 Å². The molecule has 23 heavy (non-hydrogen) atoms. The Morgan fingerprint density at radius 1 is 1.17 bits per heavy atom. The zero-order valence-electron chi connectivity index (χ0n) is 13.2. The number of amides is 1. The lowest BCUT2D eigenvalue weighted by molar-refractivity contribution is -0.146. The first-order valence-corrected chi connectivity index (χ1v) is 7.18. The fraction of sp³-hybridized carbons (Fsp3) is 0.235. The lowest BCUT2D eigenvalue weighted by Crippen LogP contribution is -2.41. The maximum atomic E-state index is 12.0. The molecule has 1 aliphatic heterocycles. The molecule has 0 spiro atoms. The molecule has 0 unspecified atom stereocenters. The van der Waals surface area contributed by atoms with Crippen molar-refractivity contribution >= 4 is 11.8 Å². The van der Waals surface area contributed by atoms with Crippen LogP contribution in [0.2, 0.25) is 0 Å². The number of pyridine rings is 1. The summed E-state index contributed by atoms with van der Waals surface area (Å²) in [5.41, 5.74) is 0.571. The van der Waals surface area contributed by atoms with Gasteiger partial charge < -0.3 is 9.47 Å².